The summed E-state index contributed by atoms with van der Waals surface area (Å²) in [4.78, 5) is 29.3. The van der Waals surface area contributed by atoms with E-state index in [1.165, 1.54) is 12.8 Å². The lowest BCUT2D eigenvalue weighted by molar-refractivity contribution is -0.139. The monoisotopic (exact) mass is 356 g/mol. The van der Waals surface area contributed by atoms with Crippen molar-refractivity contribution in [2.24, 2.45) is 5.41 Å². The predicted molar refractivity (Wildman–Crippen MR) is 99.3 cm³/mol. The predicted octanol–water partition coefficient (Wildman–Crippen LogP) is 3.01. The summed E-state index contributed by atoms with van der Waals surface area (Å²) in [5.74, 6) is 1.20. The van der Waals surface area contributed by atoms with Gasteiger partial charge in [0.2, 0.25) is 5.91 Å². The van der Waals surface area contributed by atoms with E-state index in [2.05, 4.69) is 4.90 Å². The Morgan fingerprint density at radius 2 is 1.92 bits per heavy atom. The van der Waals surface area contributed by atoms with E-state index in [0.29, 0.717) is 18.4 Å². The highest BCUT2D eigenvalue weighted by atomic mass is 16.5. The van der Waals surface area contributed by atoms with E-state index < -0.39 is 0 Å². The lowest BCUT2D eigenvalue weighted by atomic mass is 9.72. The number of amides is 2. The van der Waals surface area contributed by atoms with Crippen LogP contribution in [-0.4, -0.2) is 54.4 Å². The van der Waals surface area contributed by atoms with Crippen molar-refractivity contribution in [3.05, 3.63) is 29.3 Å². The number of hydrogen-bond donors (Lipinski definition) is 0. The SMILES string of the molecule is COc1cccc(C(=O)N2CCC3(CCC(=O)N(C4CC4)C3)CC2)c1C. The van der Waals surface area contributed by atoms with Gasteiger partial charge in [-0.1, -0.05) is 6.07 Å². The van der Waals surface area contributed by atoms with Crippen molar-refractivity contribution in [1.82, 2.24) is 9.80 Å². The molecule has 0 radical (unpaired) electrons. The summed E-state index contributed by atoms with van der Waals surface area (Å²) in [7, 11) is 1.64. The Hall–Kier alpha value is -2.04. The van der Waals surface area contributed by atoms with Crippen molar-refractivity contribution in [2.75, 3.05) is 26.7 Å². The molecule has 0 N–H and O–H groups in total. The minimum Gasteiger partial charge on any atom is -0.496 e. The first-order chi connectivity index (χ1) is 12.5. The molecule has 0 bridgehead atoms. The molecule has 3 fully saturated rings. The van der Waals surface area contributed by atoms with Crippen LogP contribution >= 0.6 is 0 Å². The van der Waals surface area contributed by atoms with Gasteiger partial charge in [0, 0.05) is 43.2 Å². The van der Waals surface area contributed by atoms with E-state index in [1.54, 1.807) is 7.11 Å². The fourth-order valence-corrected chi connectivity index (χ4v) is 4.59. The summed E-state index contributed by atoms with van der Waals surface area (Å²) in [6.45, 7) is 4.40. The zero-order valence-corrected chi connectivity index (χ0v) is 15.8. The quantitative estimate of drug-likeness (QED) is 0.836. The molecule has 1 spiro atoms. The van der Waals surface area contributed by atoms with Crippen molar-refractivity contribution in [1.29, 1.82) is 0 Å². The lowest BCUT2D eigenvalue weighted by Crippen LogP contribution is -2.53. The third-order valence-electron chi connectivity index (χ3n) is 6.53. The highest BCUT2D eigenvalue weighted by Gasteiger charge is 2.45. The van der Waals surface area contributed by atoms with Crippen LogP contribution in [0.3, 0.4) is 0 Å². The molecule has 2 saturated heterocycles. The van der Waals surface area contributed by atoms with E-state index in [1.807, 2.05) is 30.0 Å². The topological polar surface area (TPSA) is 49.9 Å². The third-order valence-corrected chi connectivity index (χ3v) is 6.53. The number of piperidine rings is 2. The Morgan fingerprint density at radius 1 is 1.19 bits per heavy atom. The summed E-state index contributed by atoms with van der Waals surface area (Å²) >= 11 is 0. The third kappa shape index (κ3) is 3.08. The average Bonchev–Trinajstić information content (AvgIpc) is 3.49. The first-order valence-electron chi connectivity index (χ1n) is 9.75. The summed E-state index contributed by atoms with van der Waals surface area (Å²) in [5.41, 5.74) is 1.86. The van der Waals surface area contributed by atoms with Crippen LogP contribution < -0.4 is 4.74 Å². The fraction of sp³-hybridized carbons (Fsp3) is 0.619. The zero-order chi connectivity index (χ0) is 18.3. The van der Waals surface area contributed by atoms with Crippen molar-refractivity contribution in [2.45, 2.75) is 51.5 Å². The van der Waals surface area contributed by atoms with Crippen molar-refractivity contribution >= 4 is 11.8 Å². The lowest BCUT2D eigenvalue weighted by Gasteiger charge is -2.47. The van der Waals surface area contributed by atoms with Gasteiger partial charge in [-0.3, -0.25) is 9.59 Å². The smallest absolute Gasteiger partial charge is 0.254 e. The molecule has 1 aliphatic carbocycles. The zero-order valence-electron chi connectivity index (χ0n) is 15.8. The van der Waals surface area contributed by atoms with E-state index in [4.69, 9.17) is 4.74 Å². The summed E-state index contributed by atoms with van der Waals surface area (Å²) < 4.78 is 5.36. The van der Waals surface area contributed by atoms with Gasteiger partial charge < -0.3 is 14.5 Å². The molecule has 2 aliphatic heterocycles. The molecule has 140 valence electrons. The number of methoxy groups -OCH3 is 1. The molecule has 26 heavy (non-hydrogen) atoms. The largest absolute Gasteiger partial charge is 0.496 e. The molecule has 0 aromatic heterocycles. The van der Waals surface area contributed by atoms with Crippen LogP contribution in [0.4, 0.5) is 0 Å². The number of hydrogen-bond acceptors (Lipinski definition) is 3. The standard InChI is InChI=1S/C21H28N2O3/c1-15-17(4-3-5-18(15)26-2)20(25)22-12-10-21(11-13-22)9-8-19(24)23(14-21)16-6-7-16/h3-5,16H,6-14H2,1-2H3. The molecule has 0 atom stereocenters. The van der Waals surface area contributed by atoms with E-state index in [-0.39, 0.29) is 11.3 Å². The maximum absolute atomic E-state index is 13.0. The van der Waals surface area contributed by atoms with Gasteiger partial charge in [-0.25, -0.2) is 0 Å². The number of rotatable bonds is 3. The van der Waals surface area contributed by atoms with Gasteiger partial charge in [0.15, 0.2) is 0 Å². The van der Waals surface area contributed by atoms with Gasteiger partial charge in [0.1, 0.15) is 5.75 Å². The Morgan fingerprint density at radius 3 is 2.58 bits per heavy atom. The number of carbonyl (C=O) groups excluding carboxylic acids is 2. The molecular weight excluding hydrogens is 328 g/mol. The van der Waals surface area contributed by atoms with Crippen molar-refractivity contribution in [3.8, 4) is 5.75 Å². The molecule has 3 aliphatic rings. The number of ether oxygens (including phenoxy) is 1. The molecule has 5 nitrogen and oxygen atoms in total. The van der Waals surface area contributed by atoms with Crippen LogP contribution in [0.2, 0.25) is 0 Å². The van der Waals surface area contributed by atoms with Crippen LogP contribution in [-0.2, 0) is 4.79 Å². The highest BCUT2D eigenvalue weighted by molar-refractivity contribution is 5.96. The molecule has 1 saturated carbocycles. The van der Waals surface area contributed by atoms with Crippen LogP contribution in [0.25, 0.3) is 0 Å². The minimum atomic E-state index is 0.0992. The summed E-state index contributed by atoms with van der Waals surface area (Å²) in [5, 5.41) is 0. The van der Waals surface area contributed by atoms with Crippen molar-refractivity contribution in [3.63, 3.8) is 0 Å². The van der Waals surface area contributed by atoms with E-state index >= 15 is 0 Å². The first kappa shape index (κ1) is 17.4. The Bertz CT molecular complexity index is 718. The Kier molecular flexibility index (Phi) is 4.41. The van der Waals surface area contributed by atoms with Gasteiger partial charge in [0.05, 0.1) is 7.11 Å². The summed E-state index contributed by atoms with van der Waals surface area (Å²) in [6, 6.07) is 6.16. The molecule has 1 aromatic carbocycles. The maximum Gasteiger partial charge on any atom is 0.254 e. The second-order valence-corrected chi connectivity index (χ2v) is 8.18. The average molecular weight is 356 g/mol. The van der Waals surface area contributed by atoms with Gasteiger partial charge >= 0.3 is 0 Å². The first-order valence-corrected chi connectivity index (χ1v) is 9.75. The number of carbonyl (C=O) groups is 2. The molecule has 5 heteroatoms. The van der Waals surface area contributed by atoms with Crippen molar-refractivity contribution < 1.29 is 14.3 Å². The number of nitrogens with zero attached hydrogens (tertiary/aromatic N) is 2. The van der Waals surface area contributed by atoms with Crippen LogP contribution in [0.15, 0.2) is 18.2 Å². The molecule has 2 heterocycles. The van der Waals surface area contributed by atoms with Crippen LogP contribution in [0, 0.1) is 12.3 Å². The van der Waals surface area contributed by atoms with E-state index in [0.717, 1.165) is 55.8 Å². The van der Waals surface area contributed by atoms with Gasteiger partial charge in [-0.15, -0.1) is 0 Å². The number of benzene rings is 1. The fourth-order valence-electron chi connectivity index (χ4n) is 4.59. The highest BCUT2D eigenvalue weighted by Crippen LogP contribution is 2.43. The number of likely N-dealkylation sites (tertiary alicyclic amines) is 2. The molecule has 1 aromatic rings. The molecular formula is C21H28N2O3. The maximum atomic E-state index is 13.0. The van der Waals surface area contributed by atoms with Gasteiger partial charge in [0.25, 0.3) is 5.91 Å². The molecule has 4 rings (SSSR count). The molecule has 0 unspecified atom stereocenters. The molecule has 2 amide bonds. The van der Waals surface area contributed by atoms with Gasteiger partial charge in [-0.05, 0) is 56.6 Å². The normalized spacial score (nSPS) is 22.6. The second-order valence-electron chi connectivity index (χ2n) is 8.18. The summed E-state index contributed by atoms with van der Waals surface area (Å²) in [6.07, 6.45) is 5.99. The minimum absolute atomic E-state index is 0.0992. The van der Waals surface area contributed by atoms with Crippen LogP contribution in [0.5, 0.6) is 5.75 Å². The Balaban J connectivity index is 1.43. The Labute approximate surface area is 155 Å². The van der Waals surface area contributed by atoms with Gasteiger partial charge in [-0.2, -0.15) is 0 Å². The van der Waals surface area contributed by atoms with E-state index in [9.17, 15) is 9.59 Å². The van der Waals surface area contributed by atoms with Crippen LogP contribution in [0.1, 0.15) is 54.4 Å². The second kappa shape index (κ2) is 6.60.